The first-order valence-electron chi connectivity index (χ1n) is 6.40. The van der Waals surface area contributed by atoms with Crippen molar-refractivity contribution >= 4 is 26.7 Å². The minimum Gasteiger partial charge on any atom is -0.358 e. The molecule has 1 N–H and O–H groups in total. The summed E-state index contributed by atoms with van der Waals surface area (Å²) in [7, 11) is 0. The Kier molecular flexibility index (Phi) is 2.79. The lowest BCUT2D eigenvalue weighted by atomic mass is 10.2. The zero-order valence-electron chi connectivity index (χ0n) is 10.4. The summed E-state index contributed by atoms with van der Waals surface area (Å²) in [6.07, 6.45) is 3.96. The molecule has 1 aliphatic carbocycles. The van der Waals surface area contributed by atoms with Crippen LogP contribution in [-0.4, -0.2) is 11.0 Å². The number of hydrogen-bond acceptors (Lipinski definition) is 3. The van der Waals surface area contributed by atoms with Crippen LogP contribution in [0.2, 0.25) is 0 Å². The van der Waals surface area contributed by atoms with Crippen molar-refractivity contribution in [1.82, 2.24) is 4.98 Å². The van der Waals surface area contributed by atoms with E-state index >= 15 is 0 Å². The fourth-order valence-corrected chi connectivity index (χ4v) is 3.28. The monoisotopic (exact) mass is 246 g/mol. The van der Waals surface area contributed by atoms with E-state index in [1.165, 1.54) is 29.5 Å². The number of aryl methyl sites for hydroxylation is 1. The van der Waals surface area contributed by atoms with E-state index in [1.54, 1.807) is 11.3 Å². The first-order chi connectivity index (χ1) is 8.26. The molecular weight excluding hydrogens is 228 g/mol. The van der Waals surface area contributed by atoms with Gasteiger partial charge in [0.2, 0.25) is 0 Å². The summed E-state index contributed by atoms with van der Waals surface area (Å²) in [4.78, 5) is 4.66. The second-order valence-corrected chi connectivity index (χ2v) is 6.06. The Morgan fingerprint density at radius 1 is 1.47 bits per heavy atom. The van der Waals surface area contributed by atoms with Crippen LogP contribution in [0.5, 0.6) is 0 Å². The highest BCUT2D eigenvalue weighted by Gasteiger charge is 2.36. The molecule has 17 heavy (non-hydrogen) atoms. The van der Waals surface area contributed by atoms with Crippen molar-refractivity contribution in [1.29, 1.82) is 0 Å². The maximum absolute atomic E-state index is 4.66. The third kappa shape index (κ3) is 2.29. The Bertz CT molecular complexity index is 532. The molecule has 0 aliphatic heterocycles. The Morgan fingerprint density at radius 3 is 3.18 bits per heavy atom. The summed E-state index contributed by atoms with van der Waals surface area (Å²) >= 11 is 1.77. The molecule has 0 bridgehead atoms. The van der Waals surface area contributed by atoms with Gasteiger partial charge < -0.3 is 5.32 Å². The Balaban J connectivity index is 1.74. The van der Waals surface area contributed by atoms with Gasteiger partial charge in [-0.05, 0) is 43.4 Å². The van der Waals surface area contributed by atoms with Gasteiger partial charge in [-0.1, -0.05) is 30.7 Å². The Hall–Kier alpha value is -1.09. The van der Waals surface area contributed by atoms with Crippen LogP contribution in [0.15, 0.2) is 18.2 Å². The minimum atomic E-state index is 0.677. The molecule has 0 spiro atoms. The normalized spacial score (nSPS) is 22.9. The molecule has 3 heteroatoms. The third-order valence-electron chi connectivity index (χ3n) is 3.43. The summed E-state index contributed by atoms with van der Waals surface area (Å²) in [6.45, 7) is 4.37. The van der Waals surface area contributed by atoms with Crippen LogP contribution >= 0.6 is 11.3 Å². The largest absolute Gasteiger partial charge is 0.358 e. The fraction of sp³-hybridized carbons (Fsp3) is 0.500. The molecule has 2 aromatic rings. The molecule has 1 aromatic carbocycles. The van der Waals surface area contributed by atoms with Crippen LogP contribution in [0.25, 0.3) is 10.2 Å². The SMILES string of the molecule is CCCC1CC1Nc1nc2cc(C)ccc2s1. The molecule has 90 valence electrons. The highest BCUT2D eigenvalue weighted by atomic mass is 32.1. The van der Waals surface area contributed by atoms with E-state index in [1.807, 2.05) is 0 Å². The van der Waals surface area contributed by atoms with Gasteiger partial charge in [0.05, 0.1) is 10.2 Å². The molecule has 1 fully saturated rings. The van der Waals surface area contributed by atoms with Crippen molar-refractivity contribution in [3.05, 3.63) is 23.8 Å². The van der Waals surface area contributed by atoms with Crippen LogP contribution in [0.1, 0.15) is 31.7 Å². The molecule has 2 atom stereocenters. The van der Waals surface area contributed by atoms with Crippen molar-refractivity contribution in [3.63, 3.8) is 0 Å². The van der Waals surface area contributed by atoms with Gasteiger partial charge in [0.15, 0.2) is 5.13 Å². The van der Waals surface area contributed by atoms with Crippen LogP contribution in [0.3, 0.4) is 0 Å². The van der Waals surface area contributed by atoms with E-state index < -0.39 is 0 Å². The molecule has 1 saturated carbocycles. The maximum Gasteiger partial charge on any atom is 0.184 e. The lowest BCUT2D eigenvalue weighted by Crippen LogP contribution is -2.03. The minimum absolute atomic E-state index is 0.677. The quantitative estimate of drug-likeness (QED) is 0.874. The topological polar surface area (TPSA) is 24.9 Å². The Morgan fingerprint density at radius 2 is 2.35 bits per heavy atom. The summed E-state index contributed by atoms with van der Waals surface area (Å²) in [5.41, 5.74) is 2.41. The second kappa shape index (κ2) is 4.30. The zero-order chi connectivity index (χ0) is 11.8. The summed E-state index contributed by atoms with van der Waals surface area (Å²) in [5.74, 6) is 0.883. The molecule has 1 heterocycles. The maximum atomic E-state index is 4.66. The molecule has 1 aliphatic rings. The van der Waals surface area contributed by atoms with E-state index in [0.29, 0.717) is 6.04 Å². The first kappa shape index (κ1) is 11.0. The van der Waals surface area contributed by atoms with Crippen molar-refractivity contribution in [2.75, 3.05) is 5.32 Å². The lowest BCUT2D eigenvalue weighted by molar-refractivity contribution is 0.693. The summed E-state index contributed by atoms with van der Waals surface area (Å²) in [5, 5.41) is 4.66. The van der Waals surface area contributed by atoms with E-state index in [2.05, 4.69) is 42.3 Å². The van der Waals surface area contributed by atoms with Gasteiger partial charge in [-0.25, -0.2) is 4.98 Å². The highest BCUT2D eigenvalue weighted by molar-refractivity contribution is 7.22. The van der Waals surface area contributed by atoms with E-state index in [9.17, 15) is 0 Å². The van der Waals surface area contributed by atoms with Crippen LogP contribution < -0.4 is 5.32 Å². The molecule has 2 unspecified atom stereocenters. The van der Waals surface area contributed by atoms with Gasteiger partial charge in [-0.2, -0.15) is 0 Å². The van der Waals surface area contributed by atoms with Crippen molar-refractivity contribution in [2.24, 2.45) is 5.92 Å². The third-order valence-corrected chi connectivity index (χ3v) is 4.40. The van der Waals surface area contributed by atoms with Gasteiger partial charge in [0, 0.05) is 6.04 Å². The van der Waals surface area contributed by atoms with Gasteiger partial charge in [-0.15, -0.1) is 0 Å². The molecule has 3 rings (SSSR count). The number of nitrogens with one attached hydrogen (secondary N) is 1. The molecule has 2 nitrogen and oxygen atoms in total. The number of nitrogens with zero attached hydrogens (tertiary/aromatic N) is 1. The van der Waals surface area contributed by atoms with E-state index in [4.69, 9.17) is 0 Å². The number of thiazole rings is 1. The number of rotatable bonds is 4. The summed E-state index contributed by atoms with van der Waals surface area (Å²) < 4.78 is 1.28. The van der Waals surface area contributed by atoms with E-state index in [0.717, 1.165) is 16.6 Å². The van der Waals surface area contributed by atoms with Gasteiger partial charge in [0.25, 0.3) is 0 Å². The number of anilines is 1. The number of fused-ring (bicyclic) bond motifs is 1. The average molecular weight is 246 g/mol. The predicted octanol–water partition coefficient (Wildman–Crippen LogP) is 4.21. The highest BCUT2D eigenvalue weighted by Crippen LogP contribution is 2.38. The summed E-state index contributed by atoms with van der Waals surface area (Å²) in [6, 6.07) is 7.16. The van der Waals surface area contributed by atoms with Gasteiger partial charge >= 0.3 is 0 Å². The second-order valence-electron chi connectivity index (χ2n) is 5.03. The molecular formula is C14H18N2S. The number of hydrogen-bond donors (Lipinski definition) is 1. The average Bonchev–Trinajstić information content (AvgIpc) is 2.88. The molecule has 0 radical (unpaired) electrons. The van der Waals surface area contributed by atoms with Crippen molar-refractivity contribution in [3.8, 4) is 0 Å². The molecule has 0 saturated heterocycles. The Labute approximate surface area is 106 Å². The van der Waals surface area contributed by atoms with Gasteiger partial charge in [0.1, 0.15) is 0 Å². The predicted molar refractivity (Wildman–Crippen MR) is 74.8 cm³/mol. The van der Waals surface area contributed by atoms with Crippen molar-refractivity contribution in [2.45, 2.75) is 39.2 Å². The van der Waals surface area contributed by atoms with Crippen LogP contribution in [0, 0.1) is 12.8 Å². The number of benzene rings is 1. The molecule has 0 amide bonds. The van der Waals surface area contributed by atoms with Crippen LogP contribution in [0.4, 0.5) is 5.13 Å². The lowest BCUT2D eigenvalue weighted by Gasteiger charge is -1.99. The standard InChI is InChI=1S/C14H18N2S/c1-3-4-10-8-11(10)15-14-16-12-7-9(2)5-6-13(12)17-14/h5-7,10-11H,3-4,8H2,1-2H3,(H,15,16). The molecule has 1 aromatic heterocycles. The van der Waals surface area contributed by atoms with E-state index in [-0.39, 0.29) is 0 Å². The van der Waals surface area contributed by atoms with Crippen molar-refractivity contribution < 1.29 is 0 Å². The smallest absolute Gasteiger partial charge is 0.184 e. The number of aromatic nitrogens is 1. The fourth-order valence-electron chi connectivity index (χ4n) is 2.37. The van der Waals surface area contributed by atoms with Gasteiger partial charge in [-0.3, -0.25) is 0 Å². The zero-order valence-corrected chi connectivity index (χ0v) is 11.2. The van der Waals surface area contributed by atoms with Crippen LogP contribution in [-0.2, 0) is 0 Å². The first-order valence-corrected chi connectivity index (χ1v) is 7.21.